The standard InChI is InChI=1S/C12H14F4N2O.2ClH/c13-9-3-1-2-8(10(9)19)11(12(14,15)16)18-6-4-17-5-7-18;;/h1-3,11,17,19H,4-7H2;2*1H/t11-;;/m1../s1. The molecule has 0 spiro atoms. The van der Waals surface area contributed by atoms with E-state index in [1.54, 1.807) is 0 Å². The number of benzene rings is 1. The van der Waals surface area contributed by atoms with Crippen molar-refractivity contribution >= 4 is 24.8 Å². The summed E-state index contributed by atoms with van der Waals surface area (Å²) in [6.45, 7) is 1.26. The minimum atomic E-state index is -4.57. The van der Waals surface area contributed by atoms with Crippen LogP contribution in [-0.4, -0.2) is 42.4 Å². The van der Waals surface area contributed by atoms with Crippen LogP contribution >= 0.6 is 24.8 Å². The first-order chi connectivity index (χ1) is 8.91. The van der Waals surface area contributed by atoms with Gasteiger partial charge in [0.05, 0.1) is 0 Å². The van der Waals surface area contributed by atoms with Gasteiger partial charge in [-0.2, -0.15) is 13.2 Å². The first-order valence-electron chi connectivity index (χ1n) is 5.90. The maximum Gasteiger partial charge on any atom is 0.408 e. The SMILES string of the molecule is Cl.Cl.Oc1c(F)cccc1[C@@H](N1CCNCC1)C(F)(F)F. The van der Waals surface area contributed by atoms with Gasteiger partial charge in [0.15, 0.2) is 11.6 Å². The average molecular weight is 351 g/mol. The van der Waals surface area contributed by atoms with Crippen molar-refractivity contribution in [2.75, 3.05) is 26.2 Å². The summed E-state index contributed by atoms with van der Waals surface area (Å²) in [6.07, 6.45) is -4.57. The Morgan fingerprint density at radius 1 is 1.14 bits per heavy atom. The Hall–Kier alpha value is -0.760. The zero-order valence-corrected chi connectivity index (χ0v) is 12.5. The normalized spacial score (nSPS) is 17.5. The van der Waals surface area contributed by atoms with Gasteiger partial charge in [-0.05, 0) is 6.07 Å². The summed E-state index contributed by atoms with van der Waals surface area (Å²) in [6, 6.07) is 1.24. The Balaban J connectivity index is 0.00000200. The Morgan fingerprint density at radius 2 is 1.71 bits per heavy atom. The molecule has 0 saturated carbocycles. The number of nitrogens with zero attached hydrogens (tertiary/aromatic N) is 1. The molecule has 9 heteroatoms. The van der Waals surface area contributed by atoms with Gasteiger partial charge in [-0.1, -0.05) is 12.1 Å². The quantitative estimate of drug-likeness (QED) is 0.805. The van der Waals surface area contributed by atoms with E-state index in [0.29, 0.717) is 13.1 Å². The molecular weight excluding hydrogens is 335 g/mol. The minimum Gasteiger partial charge on any atom is -0.505 e. The van der Waals surface area contributed by atoms with Gasteiger partial charge in [-0.3, -0.25) is 4.90 Å². The van der Waals surface area contributed by atoms with Gasteiger partial charge in [0.2, 0.25) is 0 Å². The molecule has 0 aliphatic carbocycles. The first kappa shape index (κ1) is 20.2. The van der Waals surface area contributed by atoms with Crippen molar-refractivity contribution in [2.24, 2.45) is 0 Å². The number of alkyl halides is 3. The molecule has 0 radical (unpaired) electrons. The molecule has 1 aromatic carbocycles. The molecule has 2 N–H and O–H groups in total. The Bertz CT molecular complexity index is 453. The summed E-state index contributed by atoms with van der Waals surface area (Å²) in [5.74, 6) is -1.97. The van der Waals surface area contributed by atoms with E-state index >= 15 is 0 Å². The molecule has 0 unspecified atom stereocenters. The molecule has 1 atom stereocenters. The third-order valence-corrected chi connectivity index (χ3v) is 3.14. The number of para-hydroxylation sites is 1. The summed E-state index contributed by atoms with van der Waals surface area (Å²) in [5.41, 5.74) is -0.436. The van der Waals surface area contributed by atoms with Crippen molar-refractivity contribution in [3.8, 4) is 5.75 Å². The van der Waals surface area contributed by atoms with Crippen LogP contribution in [0, 0.1) is 5.82 Å². The lowest BCUT2D eigenvalue weighted by molar-refractivity contribution is -0.188. The highest BCUT2D eigenvalue weighted by atomic mass is 35.5. The lowest BCUT2D eigenvalue weighted by Crippen LogP contribution is -2.49. The Morgan fingerprint density at radius 3 is 2.24 bits per heavy atom. The van der Waals surface area contributed by atoms with Gasteiger partial charge in [-0.15, -0.1) is 24.8 Å². The van der Waals surface area contributed by atoms with E-state index in [1.165, 1.54) is 11.0 Å². The van der Waals surface area contributed by atoms with Crippen LogP contribution in [0.1, 0.15) is 11.6 Å². The monoisotopic (exact) mass is 350 g/mol. The van der Waals surface area contributed by atoms with E-state index in [9.17, 15) is 22.7 Å². The molecule has 21 heavy (non-hydrogen) atoms. The van der Waals surface area contributed by atoms with E-state index < -0.39 is 29.3 Å². The minimum absolute atomic E-state index is 0. The molecule has 1 aromatic rings. The zero-order valence-electron chi connectivity index (χ0n) is 10.9. The first-order valence-corrected chi connectivity index (χ1v) is 5.90. The average Bonchev–Trinajstić information content (AvgIpc) is 2.35. The third-order valence-electron chi connectivity index (χ3n) is 3.14. The predicted octanol–water partition coefficient (Wildman–Crippen LogP) is 2.88. The van der Waals surface area contributed by atoms with Gasteiger partial charge in [-0.25, -0.2) is 4.39 Å². The topological polar surface area (TPSA) is 35.5 Å². The largest absolute Gasteiger partial charge is 0.505 e. The van der Waals surface area contributed by atoms with Crippen molar-refractivity contribution in [1.29, 1.82) is 0 Å². The van der Waals surface area contributed by atoms with Crippen LogP contribution in [-0.2, 0) is 0 Å². The van der Waals surface area contributed by atoms with Crippen LogP contribution in [0.15, 0.2) is 18.2 Å². The van der Waals surface area contributed by atoms with Crippen LogP contribution in [0.4, 0.5) is 17.6 Å². The van der Waals surface area contributed by atoms with E-state index in [4.69, 9.17) is 0 Å². The van der Waals surface area contributed by atoms with Gasteiger partial charge in [0, 0.05) is 31.7 Å². The molecule has 1 fully saturated rings. The molecule has 2 rings (SSSR count). The van der Waals surface area contributed by atoms with Crippen molar-refractivity contribution < 1.29 is 22.7 Å². The van der Waals surface area contributed by atoms with Crippen molar-refractivity contribution in [3.05, 3.63) is 29.6 Å². The highest BCUT2D eigenvalue weighted by molar-refractivity contribution is 5.85. The van der Waals surface area contributed by atoms with E-state index in [1.807, 2.05) is 0 Å². The molecule has 0 aromatic heterocycles. The van der Waals surface area contributed by atoms with Crippen molar-refractivity contribution in [3.63, 3.8) is 0 Å². The number of piperazine rings is 1. The van der Waals surface area contributed by atoms with E-state index in [2.05, 4.69) is 5.32 Å². The number of hydrogen-bond acceptors (Lipinski definition) is 3. The number of halogens is 6. The molecule has 0 amide bonds. The van der Waals surface area contributed by atoms with Crippen LogP contribution in [0.3, 0.4) is 0 Å². The molecule has 122 valence electrons. The van der Waals surface area contributed by atoms with Gasteiger partial charge in [0.1, 0.15) is 6.04 Å². The summed E-state index contributed by atoms with van der Waals surface area (Å²) in [4.78, 5) is 1.20. The van der Waals surface area contributed by atoms with Gasteiger partial charge in [0.25, 0.3) is 0 Å². The number of nitrogens with one attached hydrogen (secondary N) is 1. The summed E-state index contributed by atoms with van der Waals surface area (Å²) in [5, 5.41) is 12.5. The molecule has 1 aliphatic rings. The molecule has 3 nitrogen and oxygen atoms in total. The maximum absolute atomic E-state index is 13.2. The van der Waals surface area contributed by atoms with Crippen LogP contribution < -0.4 is 5.32 Å². The molecule has 1 saturated heterocycles. The molecular formula is C12H16Cl2F4N2O. The molecule has 1 aliphatic heterocycles. The fourth-order valence-corrected chi connectivity index (χ4v) is 2.27. The predicted molar refractivity (Wildman–Crippen MR) is 75.8 cm³/mol. The number of aromatic hydroxyl groups is 1. The second-order valence-corrected chi connectivity index (χ2v) is 4.41. The fourth-order valence-electron chi connectivity index (χ4n) is 2.27. The molecule has 0 bridgehead atoms. The van der Waals surface area contributed by atoms with Gasteiger partial charge < -0.3 is 10.4 Å². The number of rotatable bonds is 2. The number of hydrogen-bond donors (Lipinski definition) is 2. The van der Waals surface area contributed by atoms with Crippen molar-refractivity contribution in [2.45, 2.75) is 12.2 Å². The summed E-state index contributed by atoms with van der Waals surface area (Å²) >= 11 is 0. The van der Waals surface area contributed by atoms with Crippen LogP contribution in [0.2, 0.25) is 0 Å². The molecule has 1 heterocycles. The Kier molecular flexibility index (Phi) is 7.74. The second-order valence-electron chi connectivity index (χ2n) is 4.41. The second kappa shape index (κ2) is 8.03. The summed E-state index contributed by atoms with van der Waals surface area (Å²) in [7, 11) is 0. The smallest absolute Gasteiger partial charge is 0.408 e. The lowest BCUT2D eigenvalue weighted by Gasteiger charge is -2.36. The Labute approximate surface area is 132 Å². The fraction of sp³-hybridized carbons (Fsp3) is 0.500. The van der Waals surface area contributed by atoms with Crippen LogP contribution in [0.5, 0.6) is 5.75 Å². The lowest BCUT2D eigenvalue weighted by atomic mass is 10.0. The van der Waals surface area contributed by atoms with Gasteiger partial charge >= 0.3 is 6.18 Å². The number of phenolic OH excluding ortho intramolecular Hbond substituents is 1. The van der Waals surface area contributed by atoms with Crippen molar-refractivity contribution in [1.82, 2.24) is 10.2 Å². The third kappa shape index (κ3) is 4.60. The van der Waals surface area contributed by atoms with Crippen LogP contribution in [0.25, 0.3) is 0 Å². The van der Waals surface area contributed by atoms with E-state index in [-0.39, 0.29) is 37.9 Å². The zero-order chi connectivity index (χ0) is 14.0. The number of phenols is 1. The summed E-state index contributed by atoms with van der Waals surface area (Å²) < 4.78 is 52.9. The maximum atomic E-state index is 13.2. The highest BCUT2D eigenvalue weighted by Crippen LogP contribution is 2.41. The van der Waals surface area contributed by atoms with E-state index in [0.717, 1.165) is 12.1 Å². The highest BCUT2D eigenvalue weighted by Gasteiger charge is 2.46.